The Kier molecular flexibility index (Phi) is 7.11. The van der Waals surface area contributed by atoms with Gasteiger partial charge in [-0.2, -0.15) is 5.10 Å². The van der Waals surface area contributed by atoms with Gasteiger partial charge >= 0.3 is 0 Å². The first-order valence-electron chi connectivity index (χ1n) is 11.6. The number of hydrogen-bond donors (Lipinski definition) is 2. The minimum absolute atomic E-state index is 0.0160. The highest BCUT2D eigenvalue weighted by atomic mass is 19.1. The minimum atomic E-state index is -1.25. The largest absolute Gasteiger partial charge is 0.383 e. The van der Waals surface area contributed by atoms with Crippen LogP contribution in [0.4, 0.5) is 14.6 Å². The minimum Gasteiger partial charge on any atom is -0.383 e. The summed E-state index contributed by atoms with van der Waals surface area (Å²) in [6.07, 6.45) is 4.41. The number of aromatic nitrogens is 4. The highest BCUT2D eigenvalue weighted by Crippen LogP contribution is 2.34. The standard InChI is InChI=1S/C25H30F2N6O2/c1-16-28-14-19(25(2,35)15-29-22-9-10-32(3)31-22)24(30-16)17-7-11-33(12-8-17)23(34)13-18-20(26)5-4-6-21(18)27/h4-6,9-10,14,17,35H,7-8,11-13,15H2,1-3H3,(H,29,31). The van der Waals surface area contributed by atoms with Crippen molar-refractivity contribution in [1.82, 2.24) is 24.6 Å². The van der Waals surface area contributed by atoms with E-state index in [1.165, 1.54) is 6.07 Å². The molecule has 1 unspecified atom stereocenters. The van der Waals surface area contributed by atoms with E-state index in [2.05, 4.69) is 20.4 Å². The van der Waals surface area contributed by atoms with Gasteiger partial charge in [0, 0.05) is 62.2 Å². The lowest BCUT2D eigenvalue weighted by molar-refractivity contribution is -0.131. The van der Waals surface area contributed by atoms with Gasteiger partial charge in [-0.25, -0.2) is 18.7 Å². The lowest BCUT2D eigenvalue weighted by atomic mass is 9.85. The Bertz CT molecular complexity index is 1180. The van der Waals surface area contributed by atoms with Gasteiger partial charge in [0.15, 0.2) is 0 Å². The Morgan fingerprint density at radius 2 is 1.91 bits per heavy atom. The van der Waals surface area contributed by atoms with Gasteiger partial charge in [-0.3, -0.25) is 9.48 Å². The number of carbonyl (C=O) groups excluding carboxylic acids is 1. The molecule has 2 N–H and O–H groups in total. The first kappa shape index (κ1) is 24.7. The number of hydrogen-bond acceptors (Lipinski definition) is 6. The Labute approximate surface area is 203 Å². The zero-order valence-corrected chi connectivity index (χ0v) is 20.1. The van der Waals surface area contributed by atoms with Gasteiger partial charge < -0.3 is 15.3 Å². The van der Waals surface area contributed by atoms with E-state index in [-0.39, 0.29) is 30.4 Å². The molecule has 3 heterocycles. The van der Waals surface area contributed by atoms with Crippen LogP contribution in [0.1, 0.15) is 48.3 Å². The number of nitrogens with one attached hydrogen (secondary N) is 1. The maximum absolute atomic E-state index is 14.0. The molecule has 1 aliphatic rings. The van der Waals surface area contributed by atoms with Crippen molar-refractivity contribution in [3.8, 4) is 0 Å². The molecule has 1 aromatic carbocycles. The number of likely N-dealkylation sites (tertiary alicyclic amines) is 1. The summed E-state index contributed by atoms with van der Waals surface area (Å²) in [6, 6.07) is 5.42. The van der Waals surface area contributed by atoms with Crippen LogP contribution >= 0.6 is 0 Å². The highest BCUT2D eigenvalue weighted by Gasteiger charge is 2.33. The second kappa shape index (κ2) is 10.1. The van der Waals surface area contributed by atoms with Gasteiger partial charge in [-0.15, -0.1) is 0 Å². The maximum Gasteiger partial charge on any atom is 0.227 e. The smallest absolute Gasteiger partial charge is 0.227 e. The number of aryl methyl sites for hydroxylation is 2. The molecule has 1 aliphatic heterocycles. The number of rotatable bonds is 7. The van der Waals surface area contributed by atoms with Crippen LogP contribution in [0.3, 0.4) is 0 Å². The van der Waals surface area contributed by atoms with Crippen LogP contribution in [0, 0.1) is 18.6 Å². The van der Waals surface area contributed by atoms with Crippen molar-refractivity contribution in [2.45, 2.75) is 44.6 Å². The number of piperidine rings is 1. The predicted octanol–water partition coefficient (Wildman–Crippen LogP) is 3.07. The third-order valence-corrected chi connectivity index (χ3v) is 6.47. The van der Waals surface area contributed by atoms with Gasteiger partial charge in [0.05, 0.1) is 12.1 Å². The topological polar surface area (TPSA) is 96.2 Å². The van der Waals surface area contributed by atoms with Crippen molar-refractivity contribution in [1.29, 1.82) is 0 Å². The molecule has 3 aromatic rings. The second-order valence-electron chi connectivity index (χ2n) is 9.25. The van der Waals surface area contributed by atoms with E-state index in [0.29, 0.717) is 43.1 Å². The van der Waals surface area contributed by atoms with E-state index in [1.54, 1.807) is 29.6 Å². The number of halogens is 2. The van der Waals surface area contributed by atoms with Crippen molar-refractivity contribution in [2.24, 2.45) is 7.05 Å². The normalized spacial score (nSPS) is 16.2. The summed E-state index contributed by atoms with van der Waals surface area (Å²) in [7, 11) is 1.82. The fraction of sp³-hybridized carbons (Fsp3) is 0.440. The van der Waals surface area contributed by atoms with Crippen molar-refractivity contribution in [3.05, 3.63) is 70.9 Å². The molecule has 1 atom stereocenters. The first-order valence-corrected chi connectivity index (χ1v) is 11.6. The molecular formula is C25H30F2N6O2. The van der Waals surface area contributed by atoms with E-state index in [1.807, 2.05) is 19.3 Å². The number of amides is 1. The summed E-state index contributed by atoms with van der Waals surface area (Å²) in [5.74, 6) is -0.460. The molecule has 10 heteroatoms. The molecule has 0 aliphatic carbocycles. The van der Waals surface area contributed by atoms with Crippen LogP contribution in [0.5, 0.6) is 0 Å². The van der Waals surface area contributed by atoms with Crippen LogP contribution in [-0.2, 0) is 23.9 Å². The first-order chi connectivity index (χ1) is 16.6. The molecular weight excluding hydrogens is 454 g/mol. The fourth-order valence-electron chi connectivity index (χ4n) is 4.45. The van der Waals surface area contributed by atoms with Crippen molar-refractivity contribution in [3.63, 3.8) is 0 Å². The third kappa shape index (κ3) is 5.64. The average molecular weight is 485 g/mol. The van der Waals surface area contributed by atoms with Gasteiger partial charge in [0.2, 0.25) is 5.91 Å². The van der Waals surface area contributed by atoms with Gasteiger partial charge in [0.25, 0.3) is 0 Å². The molecule has 1 amide bonds. The molecule has 35 heavy (non-hydrogen) atoms. The van der Waals surface area contributed by atoms with E-state index in [9.17, 15) is 18.7 Å². The van der Waals surface area contributed by atoms with E-state index in [4.69, 9.17) is 0 Å². The molecule has 0 spiro atoms. The summed E-state index contributed by atoms with van der Waals surface area (Å²) in [5, 5.41) is 18.7. The number of aliphatic hydroxyl groups is 1. The Balaban J connectivity index is 1.44. The molecule has 0 bridgehead atoms. The van der Waals surface area contributed by atoms with Gasteiger partial charge in [-0.05, 0) is 38.8 Å². The Morgan fingerprint density at radius 1 is 1.23 bits per heavy atom. The van der Waals surface area contributed by atoms with E-state index >= 15 is 0 Å². The number of nitrogens with zero attached hydrogens (tertiary/aromatic N) is 5. The van der Waals surface area contributed by atoms with Crippen LogP contribution in [0.15, 0.2) is 36.7 Å². The number of carbonyl (C=O) groups is 1. The second-order valence-corrected chi connectivity index (χ2v) is 9.25. The third-order valence-electron chi connectivity index (χ3n) is 6.47. The fourth-order valence-corrected chi connectivity index (χ4v) is 4.45. The SMILES string of the molecule is Cc1ncc(C(C)(O)CNc2ccn(C)n2)c(C2CCN(C(=O)Cc3c(F)cccc3F)CC2)n1. The molecule has 186 valence electrons. The predicted molar refractivity (Wildman–Crippen MR) is 127 cm³/mol. The van der Waals surface area contributed by atoms with Crippen LogP contribution in [0.25, 0.3) is 0 Å². The lowest BCUT2D eigenvalue weighted by Gasteiger charge is -2.34. The van der Waals surface area contributed by atoms with Gasteiger partial charge in [-0.1, -0.05) is 6.07 Å². The van der Waals surface area contributed by atoms with Crippen LogP contribution in [-0.4, -0.2) is 55.3 Å². The average Bonchev–Trinajstić information content (AvgIpc) is 3.25. The quantitative estimate of drug-likeness (QED) is 0.535. The molecule has 2 aromatic heterocycles. The van der Waals surface area contributed by atoms with Crippen LogP contribution < -0.4 is 5.32 Å². The monoisotopic (exact) mass is 484 g/mol. The molecule has 1 saturated heterocycles. The summed E-state index contributed by atoms with van der Waals surface area (Å²) >= 11 is 0. The number of anilines is 1. The van der Waals surface area contributed by atoms with Gasteiger partial charge in [0.1, 0.15) is 28.9 Å². The zero-order valence-electron chi connectivity index (χ0n) is 20.1. The number of benzene rings is 1. The summed E-state index contributed by atoms with van der Waals surface area (Å²) in [5.41, 5.74) is -0.0670. The lowest BCUT2D eigenvalue weighted by Crippen LogP contribution is -2.40. The summed E-state index contributed by atoms with van der Waals surface area (Å²) in [6.45, 7) is 4.61. The summed E-state index contributed by atoms with van der Waals surface area (Å²) < 4.78 is 29.6. The zero-order chi connectivity index (χ0) is 25.2. The van der Waals surface area contributed by atoms with E-state index < -0.39 is 17.2 Å². The Morgan fingerprint density at radius 3 is 2.54 bits per heavy atom. The van der Waals surface area contributed by atoms with Crippen molar-refractivity contribution >= 4 is 11.7 Å². The molecule has 0 saturated carbocycles. The Hall–Kier alpha value is -3.40. The molecule has 1 fully saturated rings. The van der Waals surface area contributed by atoms with Crippen molar-refractivity contribution in [2.75, 3.05) is 25.0 Å². The van der Waals surface area contributed by atoms with E-state index in [0.717, 1.165) is 17.8 Å². The highest BCUT2D eigenvalue weighted by molar-refractivity contribution is 5.79. The maximum atomic E-state index is 14.0. The molecule has 0 radical (unpaired) electrons. The summed E-state index contributed by atoms with van der Waals surface area (Å²) in [4.78, 5) is 23.3. The van der Waals surface area contributed by atoms with Crippen LogP contribution in [0.2, 0.25) is 0 Å². The molecule has 8 nitrogen and oxygen atoms in total. The van der Waals surface area contributed by atoms with Crippen molar-refractivity contribution < 1.29 is 18.7 Å². The molecule has 4 rings (SSSR count).